The quantitative estimate of drug-likeness (QED) is 0.898. The summed E-state index contributed by atoms with van der Waals surface area (Å²) in [6, 6.07) is 4.08. The van der Waals surface area contributed by atoms with Gasteiger partial charge in [0.1, 0.15) is 5.75 Å². The molecule has 0 bridgehead atoms. The molecule has 1 aromatic carbocycles. The van der Waals surface area contributed by atoms with Crippen molar-refractivity contribution in [2.24, 2.45) is 5.92 Å². The van der Waals surface area contributed by atoms with Gasteiger partial charge >= 0.3 is 0 Å². The molecule has 1 fully saturated rings. The second kappa shape index (κ2) is 6.44. The lowest BCUT2D eigenvalue weighted by Gasteiger charge is -2.23. The van der Waals surface area contributed by atoms with Crippen LogP contribution in [-0.4, -0.2) is 19.7 Å². The molecule has 0 aromatic heterocycles. The Morgan fingerprint density at radius 2 is 2.22 bits per heavy atom. The Labute approximate surface area is 115 Å². The molecule has 2 rings (SSSR count). The van der Waals surface area contributed by atoms with Crippen LogP contribution in [-0.2, 0) is 0 Å². The number of piperidine rings is 1. The van der Waals surface area contributed by atoms with E-state index in [4.69, 9.17) is 16.3 Å². The highest BCUT2D eigenvalue weighted by atomic mass is 35.5. The summed E-state index contributed by atoms with van der Waals surface area (Å²) in [5.74, 6) is 1.61. The molecule has 1 aliphatic heterocycles. The molecule has 1 atom stereocenters. The minimum absolute atomic E-state index is 0.731. The zero-order valence-electron chi connectivity index (χ0n) is 11.3. The van der Waals surface area contributed by atoms with Crippen LogP contribution in [0, 0.1) is 19.8 Å². The monoisotopic (exact) mass is 267 g/mol. The molecule has 0 spiro atoms. The van der Waals surface area contributed by atoms with Crippen molar-refractivity contribution in [3.63, 3.8) is 0 Å². The first kappa shape index (κ1) is 13.7. The molecule has 100 valence electrons. The van der Waals surface area contributed by atoms with E-state index in [1.54, 1.807) is 0 Å². The van der Waals surface area contributed by atoms with Gasteiger partial charge in [0.15, 0.2) is 0 Å². The number of rotatable bonds is 4. The number of hydrogen-bond donors (Lipinski definition) is 1. The van der Waals surface area contributed by atoms with Gasteiger partial charge in [0, 0.05) is 0 Å². The standard InChI is InChI=1S/C15H22ClNO/c1-11-8-12(2)15(14(16)9-11)18-7-5-13-4-3-6-17-10-13/h8-9,13,17H,3-7,10H2,1-2H3. The van der Waals surface area contributed by atoms with Gasteiger partial charge in [-0.15, -0.1) is 0 Å². The molecule has 0 radical (unpaired) electrons. The second-order valence-corrected chi connectivity index (χ2v) is 5.65. The van der Waals surface area contributed by atoms with Crippen LogP contribution in [0.3, 0.4) is 0 Å². The molecular formula is C15H22ClNO. The van der Waals surface area contributed by atoms with Gasteiger partial charge in [-0.25, -0.2) is 0 Å². The van der Waals surface area contributed by atoms with Gasteiger partial charge in [0.2, 0.25) is 0 Å². The summed E-state index contributed by atoms with van der Waals surface area (Å²) in [7, 11) is 0. The van der Waals surface area contributed by atoms with Gasteiger partial charge in [-0.1, -0.05) is 17.7 Å². The van der Waals surface area contributed by atoms with Gasteiger partial charge in [0.05, 0.1) is 11.6 Å². The van der Waals surface area contributed by atoms with Crippen molar-refractivity contribution in [3.05, 3.63) is 28.3 Å². The molecular weight excluding hydrogens is 246 g/mol. The minimum atomic E-state index is 0.731. The predicted molar refractivity (Wildman–Crippen MR) is 76.6 cm³/mol. The average molecular weight is 268 g/mol. The Morgan fingerprint density at radius 1 is 1.39 bits per heavy atom. The maximum absolute atomic E-state index is 6.22. The third-order valence-corrected chi connectivity index (χ3v) is 3.83. The molecule has 3 heteroatoms. The van der Waals surface area contributed by atoms with Gasteiger partial charge < -0.3 is 10.1 Å². The van der Waals surface area contributed by atoms with Crippen molar-refractivity contribution in [2.75, 3.05) is 19.7 Å². The molecule has 1 aromatic rings. The first-order valence-corrected chi connectivity index (χ1v) is 7.15. The average Bonchev–Trinajstić information content (AvgIpc) is 2.34. The number of nitrogens with one attached hydrogen (secondary N) is 1. The highest BCUT2D eigenvalue weighted by Crippen LogP contribution is 2.30. The highest BCUT2D eigenvalue weighted by molar-refractivity contribution is 6.32. The van der Waals surface area contributed by atoms with E-state index >= 15 is 0 Å². The number of aryl methyl sites for hydroxylation is 2. The molecule has 1 aliphatic rings. The summed E-state index contributed by atoms with van der Waals surface area (Å²) in [6.45, 7) is 7.16. The largest absolute Gasteiger partial charge is 0.492 e. The second-order valence-electron chi connectivity index (χ2n) is 5.24. The van der Waals surface area contributed by atoms with E-state index in [0.717, 1.165) is 41.8 Å². The van der Waals surface area contributed by atoms with Crippen molar-refractivity contribution in [1.82, 2.24) is 5.32 Å². The maximum Gasteiger partial charge on any atom is 0.140 e. The van der Waals surface area contributed by atoms with E-state index in [1.807, 2.05) is 6.07 Å². The van der Waals surface area contributed by atoms with E-state index in [0.29, 0.717) is 0 Å². The van der Waals surface area contributed by atoms with Crippen LogP contribution >= 0.6 is 11.6 Å². The Hall–Kier alpha value is -0.730. The van der Waals surface area contributed by atoms with Crippen molar-refractivity contribution < 1.29 is 4.74 Å². The fourth-order valence-electron chi connectivity index (χ4n) is 2.58. The molecule has 1 saturated heterocycles. The third-order valence-electron chi connectivity index (χ3n) is 3.55. The molecule has 2 nitrogen and oxygen atoms in total. The lowest BCUT2D eigenvalue weighted by Crippen LogP contribution is -2.30. The van der Waals surface area contributed by atoms with Crippen LogP contribution in [0.5, 0.6) is 5.75 Å². The highest BCUT2D eigenvalue weighted by Gasteiger charge is 2.13. The normalized spacial score (nSPS) is 19.8. The summed E-state index contributed by atoms with van der Waals surface area (Å²) >= 11 is 6.22. The zero-order chi connectivity index (χ0) is 13.0. The van der Waals surface area contributed by atoms with Crippen LogP contribution in [0.15, 0.2) is 12.1 Å². The number of ether oxygens (including phenoxy) is 1. The topological polar surface area (TPSA) is 21.3 Å². The number of hydrogen-bond acceptors (Lipinski definition) is 2. The summed E-state index contributed by atoms with van der Waals surface area (Å²) < 4.78 is 5.87. The SMILES string of the molecule is Cc1cc(C)c(OCCC2CCCNC2)c(Cl)c1. The molecule has 1 N–H and O–H groups in total. The van der Waals surface area contributed by atoms with E-state index < -0.39 is 0 Å². The summed E-state index contributed by atoms with van der Waals surface area (Å²) in [5, 5.41) is 4.16. The Bertz CT molecular complexity index is 376. The molecule has 0 saturated carbocycles. The van der Waals surface area contributed by atoms with Crippen molar-refractivity contribution >= 4 is 11.6 Å². The molecule has 18 heavy (non-hydrogen) atoms. The third kappa shape index (κ3) is 3.63. The zero-order valence-corrected chi connectivity index (χ0v) is 12.0. The fourth-order valence-corrected chi connectivity index (χ4v) is 2.96. The van der Waals surface area contributed by atoms with E-state index in [-0.39, 0.29) is 0 Å². The van der Waals surface area contributed by atoms with Gasteiger partial charge in [-0.3, -0.25) is 0 Å². The maximum atomic E-state index is 6.22. The van der Waals surface area contributed by atoms with E-state index in [2.05, 4.69) is 25.2 Å². The fraction of sp³-hybridized carbons (Fsp3) is 0.600. The lowest BCUT2D eigenvalue weighted by molar-refractivity contribution is 0.253. The number of benzene rings is 1. The Morgan fingerprint density at radius 3 is 2.89 bits per heavy atom. The number of halogens is 1. The van der Waals surface area contributed by atoms with Gasteiger partial charge in [-0.05, 0) is 69.3 Å². The summed E-state index contributed by atoms with van der Waals surface area (Å²) in [5.41, 5.74) is 2.31. The summed E-state index contributed by atoms with van der Waals surface area (Å²) in [6.07, 6.45) is 3.71. The lowest BCUT2D eigenvalue weighted by atomic mass is 9.97. The van der Waals surface area contributed by atoms with Crippen molar-refractivity contribution in [3.8, 4) is 5.75 Å². The Kier molecular flexibility index (Phi) is 4.90. The van der Waals surface area contributed by atoms with Crippen molar-refractivity contribution in [2.45, 2.75) is 33.1 Å². The van der Waals surface area contributed by atoms with Crippen LogP contribution < -0.4 is 10.1 Å². The first-order valence-electron chi connectivity index (χ1n) is 6.77. The first-order chi connectivity index (χ1) is 8.66. The molecule has 1 heterocycles. The van der Waals surface area contributed by atoms with E-state index in [9.17, 15) is 0 Å². The summed E-state index contributed by atoms with van der Waals surface area (Å²) in [4.78, 5) is 0. The van der Waals surface area contributed by atoms with Crippen LogP contribution in [0.1, 0.15) is 30.4 Å². The Balaban J connectivity index is 1.86. The van der Waals surface area contributed by atoms with Gasteiger partial charge in [0.25, 0.3) is 0 Å². The van der Waals surface area contributed by atoms with Crippen LogP contribution in [0.2, 0.25) is 5.02 Å². The van der Waals surface area contributed by atoms with Crippen LogP contribution in [0.25, 0.3) is 0 Å². The molecule has 0 amide bonds. The van der Waals surface area contributed by atoms with E-state index in [1.165, 1.54) is 24.9 Å². The molecule has 1 unspecified atom stereocenters. The van der Waals surface area contributed by atoms with Crippen molar-refractivity contribution in [1.29, 1.82) is 0 Å². The van der Waals surface area contributed by atoms with Gasteiger partial charge in [-0.2, -0.15) is 0 Å². The van der Waals surface area contributed by atoms with Crippen LogP contribution in [0.4, 0.5) is 0 Å². The molecule has 0 aliphatic carbocycles. The smallest absolute Gasteiger partial charge is 0.140 e. The predicted octanol–water partition coefficient (Wildman–Crippen LogP) is 3.73. The minimum Gasteiger partial charge on any atom is -0.492 e.